The second-order valence-corrected chi connectivity index (χ2v) is 4.33. The first-order chi connectivity index (χ1) is 6.34. The molecule has 1 atom stereocenters. The van der Waals surface area contributed by atoms with Gasteiger partial charge in [-0.25, -0.2) is 0 Å². The van der Waals surface area contributed by atoms with E-state index in [4.69, 9.17) is 15.4 Å². The summed E-state index contributed by atoms with van der Waals surface area (Å²) in [5.74, 6) is 0.322. The predicted octanol–water partition coefficient (Wildman–Crippen LogP) is 0.571. The van der Waals surface area contributed by atoms with Crippen LogP contribution in [0.15, 0.2) is 30.3 Å². The zero-order chi connectivity index (χ0) is 11.2. The first-order valence-electron chi connectivity index (χ1n) is 3.80. The maximum Gasteiger partial charge on any atom is 0.280 e. The second kappa shape index (κ2) is 5.58. The van der Waals surface area contributed by atoms with Crippen molar-refractivity contribution in [1.82, 2.24) is 0 Å². The molecule has 0 fully saturated rings. The van der Waals surface area contributed by atoms with Crippen molar-refractivity contribution in [2.24, 2.45) is 5.73 Å². The van der Waals surface area contributed by atoms with E-state index >= 15 is 0 Å². The average molecular weight is 219 g/mol. The van der Waals surface area contributed by atoms with E-state index in [0.717, 1.165) is 0 Å². The SMILES string of the molecule is CC(N)S(=O)(=O)O.Oc1ccccc1. The van der Waals surface area contributed by atoms with E-state index in [1.165, 1.54) is 6.92 Å². The molecule has 80 valence electrons. The van der Waals surface area contributed by atoms with Crippen molar-refractivity contribution in [1.29, 1.82) is 0 Å². The minimum Gasteiger partial charge on any atom is -0.508 e. The lowest BCUT2D eigenvalue weighted by molar-refractivity contribution is 0.471. The molecule has 0 heterocycles. The monoisotopic (exact) mass is 219 g/mol. The smallest absolute Gasteiger partial charge is 0.280 e. The first kappa shape index (κ1) is 12.9. The van der Waals surface area contributed by atoms with Crippen LogP contribution in [0, 0.1) is 0 Å². The molecule has 14 heavy (non-hydrogen) atoms. The summed E-state index contributed by atoms with van der Waals surface area (Å²) in [6, 6.07) is 8.71. The number of phenols is 1. The Morgan fingerprint density at radius 2 is 1.64 bits per heavy atom. The minimum absolute atomic E-state index is 0.322. The van der Waals surface area contributed by atoms with Gasteiger partial charge in [0.15, 0.2) is 0 Å². The first-order valence-corrected chi connectivity index (χ1v) is 5.30. The van der Waals surface area contributed by atoms with Crippen LogP contribution in [0.4, 0.5) is 0 Å². The lowest BCUT2D eigenvalue weighted by Gasteiger charge is -1.95. The highest BCUT2D eigenvalue weighted by molar-refractivity contribution is 7.86. The van der Waals surface area contributed by atoms with Crippen molar-refractivity contribution in [2.75, 3.05) is 0 Å². The molecule has 0 aromatic heterocycles. The molecule has 1 unspecified atom stereocenters. The summed E-state index contributed by atoms with van der Waals surface area (Å²) in [6.07, 6.45) is 0. The number of aromatic hydroxyl groups is 1. The minimum atomic E-state index is -3.96. The Kier molecular flexibility index (Phi) is 5.14. The van der Waals surface area contributed by atoms with Gasteiger partial charge in [-0.15, -0.1) is 0 Å². The fraction of sp³-hybridized carbons (Fsp3) is 0.250. The molecule has 0 spiro atoms. The van der Waals surface area contributed by atoms with Crippen LogP contribution in [0.25, 0.3) is 0 Å². The zero-order valence-corrected chi connectivity index (χ0v) is 8.48. The normalized spacial score (nSPS) is 12.5. The molecular weight excluding hydrogens is 206 g/mol. The zero-order valence-electron chi connectivity index (χ0n) is 7.66. The average Bonchev–Trinajstić information content (AvgIpc) is 2.04. The Morgan fingerprint density at radius 1 is 1.29 bits per heavy atom. The molecule has 0 radical (unpaired) electrons. The molecule has 1 aromatic rings. The van der Waals surface area contributed by atoms with Crippen LogP contribution in [0.5, 0.6) is 5.75 Å². The van der Waals surface area contributed by atoms with E-state index in [9.17, 15) is 8.42 Å². The third-order valence-corrected chi connectivity index (χ3v) is 2.17. The van der Waals surface area contributed by atoms with E-state index in [1.54, 1.807) is 24.3 Å². The van der Waals surface area contributed by atoms with Gasteiger partial charge in [0.25, 0.3) is 10.1 Å². The Balaban J connectivity index is 0.000000241. The third kappa shape index (κ3) is 6.41. The summed E-state index contributed by atoms with van der Waals surface area (Å²) >= 11 is 0. The lowest BCUT2D eigenvalue weighted by Crippen LogP contribution is -2.25. The van der Waals surface area contributed by atoms with Crippen LogP contribution in [0.3, 0.4) is 0 Å². The Morgan fingerprint density at radius 3 is 1.79 bits per heavy atom. The van der Waals surface area contributed by atoms with Crippen LogP contribution in [0.2, 0.25) is 0 Å². The number of para-hydroxylation sites is 1. The van der Waals surface area contributed by atoms with Gasteiger partial charge in [-0.2, -0.15) is 8.42 Å². The number of hydrogen-bond acceptors (Lipinski definition) is 4. The topological polar surface area (TPSA) is 101 Å². The molecule has 0 aliphatic rings. The highest BCUT2D eigenvalue weighted by Crippen LogP contribution is 2.02. The van der Waals surface area contributed by atoms with Crippen molar-refractivity contribution in [2.45, 2.75) is 12.3 Å². The second-order valence-electron chi connectivity index (χ2n) is 2.56. The molecule has 0 aliphatic heterocycles. The van der Waals surface area contributed by atoms with Crippen LogP contribution in [-0.4, -0.2) is 23.5 Å². The van der Waals surface area contributed by atoms with E-state index in [2.05, 4.69) is 0 Å². The van der Waals surface area contributed by atoms with Crippen molar-refractivity contribution in [3.8, 4) is 5.75 Å². The molecule has 0 saturated heterocycles. The largest absolute Gasteiger partial charge is 0.508 e. The van der Waals surface area contributed by atoms with Crippen LogP contribution < -0.4 is 5.73 Å². The molecule has 0 aliphatic carbocycles. The van der Waals surface area contributed by atoms with Gasteiger partial charge in [-0.05, 0) is 19.1 Å². The molecule has 5 nitrogen and oxygen atoms in total. The van der Waals surface area contributed by atoms with E-state index in [0.29, 0.717) is 5.75 Å². The molecule has 0 amide bonds. The van der Waals surface area contributed by atoms with E-state index < -0.39 is 15.5 Å². The number of phenolic OH excluding ortho intramolecular Hbond substituents is 1. The molecule has 0 saturated carbocycles. The van der Waals surface area contributed by atoms with Crippen LogP contribution >= 0.6 is 0 Å². The summed E-state index contributed by atoms with van der Waals surface area (Å²) in [5, 5.41) is 7.46. The summed E-state index contributed by atoms with van der Waals surface area (Å²) in [4.78, 5) is 0. The number of hydrogen-bond donors (Lipinski definition) is 3. The van der Waals surface area contributed by atoms with Gasteiger partial charge in [0, 0.05) is 0 Å². The molecule has 0 bridgehead atoms. The quantitative estimate of drug-likeness (QED) is 0.599. The van der Waals surface area contributed by atoms with Gasteiger partial charge in [0.2, 0.25) is 0 Å². The van der Waals surface area contributed by atoms with Crippen molar-refractivity contribution < 1.29 is 18.1 Å². The highest BCUT2D eigenvalue weighted by Gasteiger charge is 2.09. The molecular formula is C8H13NO4S. The fourth-order valence-corrected chi connectivity index (χ4v) is 0.428. The number of rotatable bonds is 1. The molecule has 1 aromatic carbocycles. The van der Waals surface area contributed by atoms with Gasteiger partial charge in [0.05, 0.1) is 0 Å². The van der Waals surface area contributed by atoms with Crippen molar-refractivity contribution in [3.05, 3.63) is 30.3 Å². The standard InChI is InChI=1S/C6H6O.C2H7NO3S/c7-6-4-2-1-3-5-6;1-2(3)7(4,5)6/h1-5,7H;2H,3H2,1H3,(H,4,5,6). The van der Waals surface area contributed by atoms with Gasteiger partial charge in [-0.1, -0.05) is 18.2 Å². The lowest BCUT2D eigenvalue weighted by atomic mass is 10.3. The van der Waals surface area contributed by atoms with E-state index in [1.807, 2.05) is 6.07 Å². The Bertz CT molecular complexity index is 347. The fourth-order valence-electron chi connectivity index (χ4n) is 0.428. The predicted molar refractivity (Wildman–Crippen MR) is 53.3 cm³/mol. The van der Waals surface area contributed by atoms with Gasteiger partial charge in [-0.3, -0.25) is 4.55 Å². The maximum atomic E-state index is 9.76. The third-order valence-electron chi connectivity index (χ3n) is 1.23. The molecule has 6 heteroatoms. The van der Waals surface area contributed by atoms with Crippen molar-refractivity contribution in [3.63, 3.8) is 0 Å². The molecule has 4 N–H and O–H groups in total. The molecule has 1 rings (SSSR count). The van der Waals surface area contributed by atoms with Crippen molar-refractivity contribution >= 4 is 10.1 Å². The van der Waals surface area contributed by atoms with Gasteiger partial charge in [0.1, 0.15) is 11.1 Å². The summed E-state index contributed by atoms with van der Waals surface area (Å²) in [6.45, 7) is 1.19. The maximum absolute atomic E-state index is 9.76. The number of nitrogens with two attached hydrogens (primary N) is 1. The van der Waals surface area contributed by atoms with Gasteiger partial charge < -0.3 is 10.8 Å². The summed E-state index contributed by atoms with van der Waals surface area (Å²) in [5.41, 5.74) is 4.73. The van der Waals surface area contributed by atoms with Crippen LogP contribution in [0.1, 0.15) is 6.92 Å². The Labute approximate surface area is 82.9 Å². The van der Waals surface area contributed by atoms with Crippen LogP contribution in [-0.2, 0) is 10.1 Å². The van der Waals surface area contributed by atoms with E-state index in [-0.39, 0.29) is 0 Å². The number of benzene rings is 1. The van der Waals surface area contributed by atoms with Gasteiger partial charge >= 0.3 is 0 Å². The summed E-state index contributed by atoms with van der Waals surface area (Å²) < 4.78 is 27.5. The highest BCUT2D eigenvalue weighted by atomic mass is 32.2. The summed E-state index contributed by atoms with van der Waals surface area (Å²) in [7, 11) is -3.96. The Hall–Kier alpha value is -1.11.